The van der Waals surface area contributed by atoms with Gasteiger partial charge in [-0.15, -0.1) is 0 Å². The van der Waals surface area contributed by atoms with Crippen molar-refractivity contribution in [3.05, 3.63) is 0 Å². The van der Waals surface area contributed by atoms with Crippen LogP contribution in [0.1, 0.15) is 27.7 Å². The molecule has 0 aliphatic carbocycles. The molecule has 10 heteroatoms. The zero-order valence-corrected chi connectivity index (χ0v) is 14.5. The molecule has 8 nitrogen and oxygen atoms in total. The molecule has 0 atom stereocenters. The van der Waals surface area contributed by atoms with Crippen molar-refractivity contribution in [3.8, 4) is 0 Å². The van der Waals surface area contributed by atoms with Crippen molar-refractivity contribution in [3.63, 3.8) is 0 Å². The minimum Gasteiger partial charge on any atom is -0.550 e. The van der Waals surface area contributed by atoms with Gasteiger partial charge in [-0.25, -0.2) is 0 Å². The summed E-state index contributed by atoms with van der Waals surface area (Å²) in [5.41, 5.74) is 0. The van der Waals surface area contributed by atoms with Gasteiger partial charge in [-0.1, -0.05) is 0 Å². The van der Waals surface area contributed by atoms with E-state index >= 15 is 0 Å². The second-order valence-corrected chi connectivity index (χ2v) is 1.97. The number of rotatable bonds is 0. The van der Waals surface area contributed by atoms with Gasteiger partial charge in [0.15, 0.2) is 0 Å². The van der Waals surface area contributed by atoms with E-state index in [9.17, 15) is 0 Å². The number of hydrogen-bond acceptors (Lipinski definition) is 8. The molecule has 0 spiro atoms. The van der Waals surface area contributed by atoms with E-state index in [1.165, 1.54) is 0 Å². The minimum atomic E-state index is -1.08. The molecule has 0 amide bonds. The van der Waals surface area contributed by atoms with Crippen molar-refractivity contribution in [1.29, 1.82) is 0 Å². The Morgan fingerprint density at radius 3 is 0.556 bits per heavy atom. The molecule has 0 unspecified atom stereocenters. The van der Waals surface area contributed by atoms with Gasteiger partial charge in [0.1, 0.15) is 0 Å². The number of aliphatic carboxylic acids is 4. The van der Waals surface area contributed by atoms with Gasteiger partial charge in [0.25, 0.3) is 0 Å². The average molecular weight is 357 g/mol. The smallest absolute Gasteiger partial charge is 0.550 e. The fourth-order valence-electron chi connectivity index (χ4n) is 0. The second kappa shape index (κ2) is 29.8. The van der Waals surface area contributed by atoms with Crippen LogP contribution in [0.15, 0.2) is 0 Å². The summed E-state index contributed by atoms with van der Waals surface area (Å²) in [6, 6.07) is 0. The van der Waals surface area contributed by atoms with Gasteiger partial charge in [-0.3, -0.25) is 0 Å². The van der Waals surface area contributed by atoms with Gasteiger partial charge >= 0.3 is 36.5 Å². The van der Waals surface area contributed by atoms with Crippen LogP contribution in [-0.4, -0.2) is 23.9 Å². The van der Waals surface area contributed by atoms with E-state index in [1.54, 1.807) is 0 Å². The van der Waals surface area contributed by atoms with Crippen LogP contribution in [0.3, 0.4) is 0 Å². The molecule has 0 aliphatic heterocycles. The topological polar surface area (TPSA) is 161 Å². The Hall–Kier alpha value is -0.977. The molecule has 0 aromatic carbocycles. The quantitative estimate of drug-likeness (QED) is 0.390. The molecule has 101 valence electrons. The van der Waals surface area contributed by atoms with Gasteiger partial charge < -0.3 is 39.6 Å². The third-order valence-corrected chi connectivity index (χ3v) is 0. The SMILES string of the molecule is CC(=O)[O-].CC(=O)[O-].CC(=O)[O-].CC(=O)[O-].[Mn+2].[Zn+2]. The van der Waals surface area contributed by atoms with Gasteiger partial charge in [-0.05, 0) is 27.7 Å². The summed E-state index contributed by atoms with van der Waals surface area (Å²) in [6.45, 7) is 3.89. The first-order valence-electron chi connectivity index (χ1n) is 3.63. The third kappa shape index (κ3) is 3090. The van der Waals surface area contributed by atoms with Crippen LogP contribution in [0, 0.1) is 0 Å². The van der Waals surface area contributed by atoms with Crippen LogP contribution in [0.4, 0.5) is 0 Å². The molecule has 0 rings (SSSR count). The van der Waals surface area contributed by atoms with Crippen LogP contribution in [0.5, 0.6) is 0 Å². The Bertz CT molecular complexity index is 167. The summed E-state index contributed by atoms with van der Waals surface area (Å²) in [6.07, 6.45) is 0. The van der Waals surface area contributed by atoms with Gasteiger partial charge in [0, 0.05) is 23.9 Å². The molecule has 0 saturated heterocycles. The summed E-state index contributed by atoms with van der Waals surface area (Å²) in [4.78, 5) is 35.6. The fraction of sp³-hybridized carbons (Fsp3) is 0.500. The Kier molecular flexibility index (Phi) is 59.5. The summed E-state index contributed by atoms with van der Waals surface area (Å²) in [5.74, 6) is -4.33. The van der Waals surface area contributed by atoms with Crippen LogP contribution >= 0.6 is 0 Å². The zero-order chi connectivity index (χ0) is 14.3. The summed E-state index contributed by atoms with van der Waals surface area (Å²) in [5, 5.41) is 35.6. The monoisotopic (exact) mass is 355 g/mol. The third-order valence-electron chi connectivity index (χ3n) is 0. The van der Waals surface area contributed by atoms with E-state index < -0.39 is 23.9 Å². The van der Waals surface area contributed by atoms with Crippen LogP contribution < -0.4 is 20.4 Å². The molecule has 1 radical (unpaired) electrons. The van der Waals surface area contributed by atoms with E-state index in [-0.39, 0.29) is 36.5 Å². The maximum atomic E-state index is 8.89. The van der Waals surface area contributed by atoms with Crippen molar-refractivity contribution >= 4 is 23.9 Å². The molecule has 0 aromatic heterocycles. The molecule has 0 bridgehead atoms. The number of carboxylic acids is 4. The molecular weight excluding hydrogens is 344 g/mol. The summed E-state index contributed by atoms with van der Waals surface area (Å²) >= 11 is 0. The number of carbonyl (C=O) groups is 4. The standard InChI is InChI=1S/4C2H4O2.Mn.Zn/c4*1-2(3)4;;/h4*1H3,(H,3,4);;/q;;;;2*+2/p-4. The maximum Gasteiger partial charge on any atom is 2.00 e. The number of carboxylic acid groups (broad SMARTS) is 4. The van der Waals surface area contributed by atoms with E-state index in [1.807, 2.05) is 0 Å². The maximum absolute atomic E-state index is 8.89. The second-order valence-electron chi connectivity index (χ2n) is 1.97. The number of hydrogen-bond donors (Lipinski definition) is 0. The fourth-order valence-corrected chi connectivity index (χ4v) is 0. The van der Waals surface area contributed by atoms with Crippen LogP contribution in [0.25, 0.3) is 0 Å². The predicted molar refractivity (Wildman–Crippen MR) is 42.7 cm³/mol. The molecule has 0 aliphatic rings. The molecule has 0 heterocycles. The van der Waals surface area contributed by atoms with E-state index in [2.05, 4.69) is 0 Å². The Balaban J connectivity index is -0.0000000257. The first kappa shape index (κ1) is 36.0. The van der Waals surface area contributed by atoms with E-state index in [4.69, 9.17) is 39.6 Å². The van der Waals surface area contributed by atoms with E-state index in [0.717, 1.165) is 27.7 Å². The molecule has 0 fully saturated rings. The normalized spacial score (nSPS) is 5.56. The first-order chi connectivity index (χ1) is 6.93. The van der Waals surface area contributed by atoms with Crippen molar-refractivity contribution in [2.75, 3.05) is 0 Å². The molecule has 0 aromatic rings. The zero-order valence-electron chi connectivity index (χ0n) is 10.4. The minimum absolute atomic E-state index is 0. The largest absolute Gasteiger partial charge is 2.00 e. The Morgan fingerprint density at radius 1 is 0.556 bits per heavy atom. The molecule has 18 heavy (non-hydrogen) atoms. The van der Waals surface area contributed by atoms with Gasteiger partial charge in [0.2, 0.25) is 0 Å². The van der Waals surface area contributed by atoms with Gasteiger partial charge in [-0.2, -0.15) is 0 Å². The first-order valence-corrected chi connectivity index (χ1v) is 3.63. The average Bonchev–Trinajstić information content (AvgIpc) is 1.76. The molecular formula is C8H12MnO8Zn. The van der Waals surface area contributed by atoms with Crippen molar-refractivity contribution in [2.45, 2.75) is 27.7 Å². The Morgan fingerprint density at radius 2 is 0.556 bits per heavy atom. The van der Waals surface area contributed by atoms with E-state index in [0.29, 0.717) is 0 Å². The van der Waals surface area contributed by atoms with Crippen molar-refractivity contribution < 1.29 is 76.2 Å². The van der Waals surface area contributed by atoms with Crippen LogP contribution in [-0.2, 0) is 55.7 Å². The van der Waals surface area contributed by atoms with Gasteiger partial charge in [0.05, 0.1) is 0 Å². The molecule has 0 saturated carbocycles. The number of carbonyl (C=O) groups excluding carboxylic acids is 4. The summed E-state index contributed by atoms with van der Waals surface area (Å²) < 4.78 is 0. The van der Waals surface area contributed by atoms with Crippen molar-refractivity contribution in [2.24, 2.45) is 0 Å². The molecule has 0 N–H and O–H groups in total. The van der Waals surface area contributed by atoms with Crippen LogP contribution in [0.2, 0.25) is 0 Å². The Labute approximate surface area is 128 Å². The summed E-state index contributed by atoms with van der Waals surface area (Å²) in [7, 11) is 0. The van der Waals surface area contributed by atoms with Crippen molar-refractivity contribution in [1.82, 2.24) is 0 Å². The predicted octanol–water partition coefficient (Wildman–Crippen LogP) is -4.98.